The third-order valence-corrected chi connectivity index (χ3v) is 4.15. The van der Waals surface area contributed by atoms with Gasteiger partial charge in [0, 0.05) is 17.2 Å². The number of nitrogens with one attached hydrogen (secondary N) is 2. The van der Waals surface area contributed by atoms with Crippen molar-refractivity contribution in [1.82, 2.24) is 20.6 Å². The van der Waals surface area contributed by atoms with Crippen LogP contribution in [0.4, 0.5) is 5.69 Å². The molecule has 0 aliphatic heterocycles. The van der Waals surface area contributed by atoms with Gasteiger partial charge in [-0.2, -0.15) is 10.2 Å². The van der Waals surface area contributed by atoms with Crippen LogP contribution in [0.5, 0.6) is 0 Å². The minimum atomic E-state index is -0.488. The van der Waals surface area contributed by atoms with E-state index in [0.717, 1.165) is 11.8 Å². The molecule has 2 aromatic carbocycles. The number of carbonyl (C=O) groups excluding carboxylic acids is 1. The number of hydrazone groups is 1. The Morgan fingerprint density at radius 1 is 1.27 bits per heavy atom. The second-order valence-corrected chi connectivity index (χ2v) is 5.97. The Kier molecular flexibility index (Phi) is 5.34. The summed E-state index contributed by atoms with van der Waals surface area (Å²) < 4.78 is 0. The van der Waals surface area contributed by atoms with Gasteiger partial charge < -0.3 is 0 Å². The van der Waals surface area contributed by atoms with Gasteiger partial charge in [-0.15, -0.1) is 0 Å². The van der Waals surface area contributed by atoms with E-state index in [1.165, 1.54) is 18.6 Å². The van der Waals surface area contributed by atoms with Crippen molar-refractivity contribution in [2.75, 3.05) is 0 Å². The number of H-pyrrole nitrogens is 1. The predicted molar refractivity (Wildman–Crippen MR) is 95.1 cm³/mol. The van der Waals surface area contributed by atoms with Crippen LogP contribution in [-0.2, 0) is 0 Å². The topological polar surface area (TPSA) is 126 Å². The van der Waals surface area contributed by atoms with E-state index < -0.39 is 4.92 Å². The van der Waals surface area contributed by atoms with Crippen LogP contribution < -0.4 is 5.43 Å². The number of nitrogens with zero attached hydrogens (tertiary/aromatic N) is 4. The first-order chi connectivity index (χ1) is 12.6. The Bertz CT molecular complexity index is 944. The highest BCUT2D eigenvalue weighted by molar-refractivity contribution is 7.99. The van der Waals surface area contributed by atoms with E-state index in [1.807, 2.05) is 0 Å². The van der Waals surface area contributed by atoms with E-state index in [9.17, 15) is 14.9 Å². The number of nitro groups is 1. The van der Waals surface area contributed by atoms with Gasteiger partial charge in [0.2, 0.25) is 0 Å². The second-order valence-electron chi connectivity index (χ2n) is 4.94. The van der Waals surface area contributed by atoms with Gasteiger partial charge >= 0.3 is 0 Å². The molecule has 1 aromatic heterocycles. The maximum atomic E-state index is 11.9. The Balaban J connectivity index is 1.73. The monoisotopic (exact) mass is 368 g/mol. The number of nitro benzene ring substituents is 1. The number of hydrogen-bond acceptors (Lipinski definition) is 7. The first-order valence-corrected chi connectivity index (χ1v) is 8.15. The maximum absolute atomic E-state index is 11.9. The van der Waals surface area contributed by atoms with E-state index in [4.69, 9.17) is 0 Å². The highest BCUT2D eigenvalue weighted by atomic mass is 32.2. The minimum absolute atomic E-state index is 0.0928. The molecule has 0 radical (unpaired) electrons. The van der Waals surface area contributed by atoms with Crippen molar-refractivity contribution >= 4 is 29.6 Å². The summed E-state index contributed by atoms with van der Waals surface area (Å²) in [6, 6.07) is 13.2. The number of aromatic nitrogens is 3. The summed E-state index contributed by atoms with van der Waals surface area (Å²) in [7, 11) is 0. The van der Waals surface area contributed by atoms with Gasteiger partial charge in [-0.25, -0.2) is 10.4 Å². The van der Waals surface area contributed by atoms with E-state index >= 15 is 0 Å². The zero-order valence-electron chi connectivity index (χ0n) is 13.2. The third kappa shape index (κ3) is 4.30. The number of hydrogen-bond donors (Lipinski definition) is 2. The van der Waals surface area contributed by atoms with Crippen molar-refractivity contribution in [3.63, 3.8) is 0 Å². The zero-order chi connectivity index (χ0) is 18.4. The lowest BCUT2D eigenvalue weighted by Gasteiger charge is -2.02. The van der Waals surface area contributed by atoms with Crippen molar-refractivity contribution in [2.45, 2.75) is 10.1 Å². The fourth-order valence-corrected chi connectivity index (χ4v) is 2.79. The Morgan fingerprint density at radius 2 is 2.08 bits per heavy atom. The first-order valence-electron chi connectivity index (χ1n) is 7.33. The molecule has 26 heavy (non-hydrogen) atoms. The van der Waals surface area contributed by atoms with Crippen LogP contribution in [0.2, 0.25) is 0 Å². The van der Waals surface area contributed by atoms with Gasteiger partial charge in [-0.3, -0.25) is 20.0 Å². The minimum Gasteiger partial charge on any atom is -0.267 e. The summed E-state index contributed by atoms with van der Waals surface area (Å²) in [5.41, 5.74) is 3.23. The molecule has 0 saturated carbocycles. The third-order valence-electron chi connectivity index (χ3n) is 3.19. The lowest BCUT2D eigenvalue weighted by molar-refractivity contribution is -0.387. The predicted octanol–water partition coefficient (Wildman–Crippen LogP) is 2.63. The summed E-state index contributed by atoms with van der Waals surface area (Å²) in [6.45, 7) is 0. The van der Waals surface area contributed by atoms with Crippen LogP contribution in [0.3, 0.4) is 0 Å². The summed E-state index contributed by atoms with van der Waals surface area (Å²) in [5, 5.41) is 21.9. The Labute approximate surface area is 151 Å². The van der Waals surface area contributed by atoms with E-state index in [2.05, 4.69) is 25.7 Å². The van der Waals surface area contributed by atoms with Gasteiger partial charge in [-0.1, -0.05) is 24.3 Å². The molecule has 0 saturated heterocycles. The maximum Gasteiger partial charge on any atom is 0.283 e. The van der Waals surface area contributed by atoms with Crippen molar-refractivity contribution < 1.29 is 9.72 Å². The lowest BCUT2D eigenvalue weighted by atomic mass is 10.2. The molecule has 130 valence electrons. The van der Waals surface area contributed by atoms with Gasteiger partial charge in [0.15, 0.2) is 5.16 Å². The average molecular weight is 368 g/mol. The molecular formula is C16H12N6O3S. The molecule has 0 atom stereocenters. The Morgan fingerprint density at radius 3 is 2.77 bits per heavy atom. The molecule has 0 aliphatic carbocycles. The second kappa shape index (κ2) is 8.03. The smallest absolute Gasteiger partial charge is 0.267 e. The van der Waals surface area contributed by atoms with E-state index in [1.54, 1.807) is 42.5 Å². The van der Waals surface area contributed by atoms with Crippen LogP contribution in [-0.4, -0.2) is 32.2 Å². The Hall–Kier alpha value is -3.53. The van der Waals surface area contributed by atoms with Crippen LogP contribution in [0, 0.1) is 10.1 Å². The standard InChI is InChI=1S/C16H12N6O3S/c23-15(12-4-2-1-3-5-12)20-18-9-11-6-7-14(13(8-11)22(24)25)26-16-17-10-19-21-16/h1-10H,(H,20,23)(H,17,19,21)/b18-9-. The van der Waals surface area contributed by atoms with Crippen LogP contribution in [0.25, 0.3) is 0 Å². The highest BCUT2D eigenvalue weighted by Gasteiger charge is 2.16. The molecule has 0 spiro atoms. The zero-order valence-corrected chi connectivity index (χ0v) is 14.0. The quantitative estimate of drug-likeness (QED) is 0.391. The number of amides is 1. The van der Waals surface area contributed by atoms with Crippen LogP contribution in [0.1, 0.15) is 15.9 Å². The molecular weight excluding hydrogens is 356 g/mol. The molecule has 0 unspecified atom stereocenters. The van der Waals surface area contributed by atoms with E-state index in [0.29, 0.717) is 21.2 Å². The van der Waals surface area contributed by atoms with E-state index in [-0.39, 0.29) is 11.6 Å². The molecule has 1 heterocycles. The fourth-order valence-electron chi connectivity index (χ4n) is 2.01. The highest BCUT2D eigenvalue weighted by Crippen LogP contribution is 2.33. The molecule has 9 nitrogen and oxygen atoms in total. The van der Waals surface area contributed by atoms with Gasteiger partial charge in [0.05, 0.1) is 16.0 Å². The van der Waals surface area contributed by atoms with Crippen LogP contribution >= 0.6 is 11.8 Å². The molecule has 3 aromatic rings. The largest absolute Gasteiger partial charge is 0.283 e. The van der Waals surface area contributed by atoms with Gasteiger partial charge in [0.25, 0.3) is 11.6 Å². The summed E-state index contributed by atoms with van der Waals surface area (Å²) in [6.07, 6.45) is 2.67. The van der Waals surface area contributed by atoms with Crippen molar-refractivity contribution in [2.24, 2.45) is 5.10 Å². The molecule has 10 heteroatoms. The summed E-state index contributed by atoms with van der Waals surface area (Å²) in [4.78, 5) is 27.0. The van der Waals surface area contributed by atoms with Crippen LogP contribution in [0.15, 0.2) is 70.0 Å². The molecule has 0 bridgehead atoms. The number of rotatable bonds is 6. The normalized spacial score (nSPS) is 10.8. The molecule has 2 N–H and O–H groups in total. The SMILES string of the molecule is O=C(N/N=C\c1ccc(Sc2ncn[nH]2)c([N+](=O)[O-])c1)c1ccccc1. The molecule has 0 aliphatic rings. The average Bonchev–Trinajstić information content (AvgIpc) is 3.16. The molecule has 3 rings (SSSR count). The summed E-state index contributed by atoms with van der Waals surface area (Å²) >= 11 is 1.10. The number of carbonyl (C=O) groups is 1. The molecule has 0 fully saturated rings. The van der Waals surface area contributed by atoms with Crippen molar-refractivity contribution in [3.05, 3.63) is 76.1 Å². The van der Waals surface area contributed by atoms with Gasteiger partial charge in [0.1, 0.15) is 6.33 Å². The fraction of sp³-hybridized carbons (Fsp3) is 0. The number of benzene rings is 2. The number of aromatic amines is 1. The summed E-state index contributed by atoms with van der Waals surface area (Å²) in [5.74, 6) is -0.367. The molecule has 1 amide bonds. The lowest BCUT2D eigenvalue weighted by Crippen LogP contribution is -2.17. The first kappa shape index (κ1) is 17.3. The van der Waals surface area contributed by atoms with Crippen molar-refractivity contribution in [1.29, 1.82) is 0 Å². The van der Waals surface area contributed by atoms with Gasteiger partial charge in [-0.05, 0) is 30.0 Å². The van der Waals surface area contributed by atoms with Crippen molar-refractivity contribution in [3.8, 4) is 0 Å².